The minimum atomic E-state index is 0.461. The maximum atomic E-state index is 6.23. The Kier molecular flexibility index (Phi) is 6.63. The van der Waals surface area contributed by atoms with Crippen LogP contribution in [-0.4, -0.2) is 6.54 Å². The average molecular weight is 406 g/mol. The molecule has 0 spiro atoms. The predicted octanol–water partition coefficient (Wildman–Crippen LogP) is 5.81. The first kappa shape index (κ1) is 16.6. The Balaban J connectivity index is 2.23. The van der Waals surface area contributed by atoms with E-state index in [1.165, 1.54) is 41.2 Å². The molecule has 0 radical (unpaired) electrons. The summed E-state index contributed by atoms with van der Waals surface area (Å²) >= 11 is 8.68. The van der Waals surface area contributed by atoms with E-state index in [2.05, 4.69) is 53.9 Å². The minimum Gasteiger partial charge on any atom is -0.310 e. The van der Waals surface area contributed by atoms with Crippen molar-refractivity contribution in [2.45, 2.75) is 52.0 Å². The molecule has 20 heavy (non-hydrogen) atoms. The van der Waals surface area contributed by atoms with E-state index in [1.54, 1.807) is 0 Å². The highest BCUT2D eigenvalue weighted by molar-refractivity contribution is 14.1. The lowest BCUT2D eigenvalue weighted by molar-refractivity contribution is 0.223. The molecule has 3 heteroatoms. The molecular formula is C17H25ClIN. The van der Waals surface area contributed by atoms with Gasteiger partial charge >= 0.3 is 0 Å². The van der Waals surface area contributed by atoms with Gasteiger partial charge in [-0.2, -0.15) is 0 Å². The smallest absolute Gasteiger partial charge is 0.0410 e. The molecule has 1 N–H and O–H groups in total. The van der Waals surface area contributed by atoms with Gasteiger partial charge in [0.2, 0.25) is 0 Å². The Morgan fingerprint density at radius 3 is 2.90 bits per heavy atom. The standard InChI is InChI=1S/C17H25ClIN/c1-3-9-20-17(13-6-4-5-12(2)10-13)15-11-14(18)7-8-16(15)19/h7-8,11-13,17,20H,3-6,9-10H2,1-2H3. The van der Waals surface area contributed by atoms with Crippen LogP contribution in [0.2, 0.25) is 5.02 Å². The van der Waals surface area contributed by atoms with Crippen molar-refractivity contribution in [3.63, 3.8) is 0 Å². The molecule has 3 unspecified atom stereocenters. The van der Waals surface area contributed by atoms with Gasteiger partial charge in [0, 0.05) is 14.6 Å². The zero-order valence-corrected chi connectivity index (χ0v) is 15.4. The molecule has 0 heterocycles. The fourth-order valence-corrected chi connectivity index (χ4v) is 4.22. The van der Waals surface area contributed by atoms with E-state index in [9.17, 15) is 0 Å². The van der Waals surface area contributed by atoms with Gasteiger partial charge in [-0.15, -0.1) is 0 Å². The fraction of sp³-hybridized carbons (Fsp3) is 0.647. The monoisotopic (exact) mass is 405 g/mol. The summed E-state index contributed by atoms with van der Waals surface area (Å²) in [6, 6.07) is 6.76. The Bertz CT molecular complexity index is 435. The van der Waals surface area contributed by atoms with Gasteiger partial charge < -0.3 is 5.32 Å². The van der Waals surface area contributed by atoms with Crippen LogP contribution in [0.15, 0.2) is 18.2 Å². The molecule has 2 rings (SSSR count). The summed E-state index contributed by atoms with van der Waals surface area (Å²) in [5, 5.41) is 4.63. The highest BCUT2D eigenvalue weighted by atomic mass is 127. The molecule has 1 nitrogen and oxygen atoms in total. The van der Waals surface area contributed by atoms with Crippen molar-refractivity contribution < 1.29 is 0 Å². The van der Waals surface area contributed by atoms with Crippen LogP contribution in [0.25, 0.3) is 0 Å². The van der Waals surface area contributed by atoms with Gasteiger partial charge in [-0.3, -0.25) is 0 Å². The predicted molar refractivity (Wildman–Crippen MR) is 96.3 cm³/mol. The molecule has 0 aliphatic heterocycles. The van der Waals surface area contributed by atoms with E-state index in [1.807, 2.05) is 6.07 Å². The number of rotatable bonds is 5. The van der Waals surface area contributed by atoms with Gasteiger partial charge in [-0.1, -0.05) is 38.3 Å². The molecule has 3 atom stereocenters. The molecule has 1 aromatic rings. The molecule has 0 saturated heterocycles. The van der Waals surface area contributed by atoms with Gasteiger partial charge in [0.15, 0.2) is 0 Å². The number of hydrogen-bond acceptors (Lipinski definition) is 1. The lowest BCUT2D eigenvalue weighted by Gasteiger charge is -2.35. The summed E-state index contributed by atoms with van der Waals surface area (Å²) in [5.41, 5.74) is 1.39. The molecule has 1 fully saturated rings. The van der Waals surface area contributed by atoms with E-state index in [-0.39, 0.29) is 0 Å². The second-order valence-corrected chi connectivity index (χ2v) is 7.73. The Morgan fingerprint density at radius 1 is 1.40 bits per heavy atom. The second-order valence-electron chi connectivity index (χ2n) is 6.13. The fourth-order valence-electron chi connectivity index (χ4n) is 3.37. The first-order chi connectivity index (χ1) is 9.61. The highest BCUT2D eigenvalue weighted by Crippen LogP contribution is 2.39. The van der Waals surface area contributed by atoms with Crippen LogP contribution >= 0.6 is 34.2 Å². The molecule has 0 aromatic heterocycles. The molecule has 1 saturated carbocycles. The first-order valence-electron chi connectivity index (χ1n) is 7.80. The highest BCUT2D eigenvalue weighted by Gasteiger charge is 2.28. The van der Waals surface area contributed by atoms with Crippen LogP contribution in [-0.2, 0) is 0 Å². The van der Waals surface area contributed by atoms with E-state index >= 15 is 0 Å². The summed E-state index contributed by atoms with van der Waals surface area (Å²) < 4.78 is 1.33. The Labute approximate surface area is 142 Å². The number of benzene rings is 1. The minimum absolute atomic E-state index is 0.461. The lowest BCUT2D eigenvalue weighted by Crippen LogP contribution is -2.32. The SMILES string of the molecule is CCCNC(c1cc(Cl)ccc1I)C1CCCC(C)C1. The van der Waals surface area contributed by atoms with Crippen LogP contribution in [0.4, 0.5) is 0 Å². The van der Waals surface area contributed by atoms with E-state index in [0.717, 1.165) is 23.4 Å². The Morgan fingerprint density at radius 2 is 2.20 bits per heavy atom. The van der Waals surface area contributed by atoms with E-state index in [4.69, 9.17) is 11.6 Å². The first-order valence-corrected chi connectivity index (χ1v) is 9.25. The molecule has 1 aromatic carbocycles. The lowest BCUT2D eigenvalue weighted by atomic mass is 9.76. The topological polar surface area (TPSA) is 12.0 Å². The van der Waals surface area contributed by atoms with Crippen LogP contribution in [0, 0.1) is 15.4 Å². The molecule has 0 bridgehead atoms. The van der Waals surface area contributed by atoms with Crippen LogP contribution in [0.3, 0.4) is 0 Å². The second kappa shape index (κ2) is 8.00. The maximum absolute atomic E-state index is 6.23. The number of nitrogens with one attached hydrogen (secondary N) is 1. The van der Waals surface area contributed by atoms with Crippen molar-refractivity contribution in [1.29, 1.82) is 0 Å². The summed E-state index contributed by atoms with van der Waals surface area (Å²) in [4.78, 5) is 0. The Hall–Kier alpha value is 0.200. The normalized spacial score (nSPS) is 24.6. The van der Waals surface area contributed by atoms with Crippen molar-refractivity contribution >= 4 is 34.2 Å². The molecule has 112 valence electrons. The zero-order valence-electron chi connectivity index (χ0n) is 12.5. The maximum Gasteiger partial charge on any atom is 0.0410 e. The third-order valence-electron chi connectivity index (χ3n) is 4.36. The van der Waals surface area contributed by atoms with Crippen molar-refractivity contribution in [2.24, 2.45) is 11.8 Å². The summed E-state index contributed by atoms with van der Waals surface area (Å²) in [6.45, 7) is 5.71. The zero-order chi connectivity index (χ0) is 14.5. The molecule has 1 aliphatic rings. The van der Waals surface area contributed by atoms with E-state index in [0.29, 0.717) is 6.04 Å². The van der Waals surface area contributed by atoms with Crippen LogP contribution in [0.5, 0.6) is 0 Å². The third-order valence-corrected chi connectivity index (χ3v) is 5.57. The summed E-state index contributed by atoms with van der Waals surface area (Å²) in [7, 11) is 0. The van der Waals surface area contributed by atoms with Crippen molar-refractivity contribution in [1.82, 2.24) is 5.32 Å². The molecule has 1 aliphatic carbocycles. The van der Waals surface area contributed by atoms with E-state index < -0.39 is 0 Å². The van der Waals surface area contributed by atoms with Gasteiger partial charge in [0.1, 0.15) is 0 Å². The third kappa shape index (κ3) is 4.35. The van der Waals surface area contributed by atoms with Gasteiger partial charge in [-0.25, -0.2) is 0 Å². The van der Waals surface area contributed by atoms with Crippen molar-refractivity contribution in [2.75, 3.05) is 6.54 Å². The largest absolute Gasteiger partial charge is 0.310 e. The van der Waals surface area contributed by atoms with Crippen LogP contribution in [0.1, 0.15) is 57.6 Å². The van der Waals surface area contributed by atoms with Crippen LogP contribution < -0.4 is 5.32 Å². The number of halogens is 2. The van der Waals surface area contributed by atoms with Crippen molar-refractivity contribution in [3.05, 3.63) is 32.4 Å². The summed E-state index contributed by atoms with van der Waals surface area (Å²) in [6.07, 6.45) is 6.62. The molecular weight excluding hydrogens is 381 g/mol. The van der Waals surface area contributed by atoms with Gasteiger partial charge in [-0.05, 0) is 84.0 Å². The van der Waals surface area contributed by atoms with Gasteiger partial charge in [0.05, 0.1) is 0 Å². The average Bonchev–Trinajstić information content (AvgIpc) is 2.43. The summed E-state index contributed by atoms with van der Waals surface area (Å²) in [5.74, 6) is 1.61. The quantitative estimate of drug-likeness (QED) is 0.609. The number of hydrogen-bond donors (Lipinski definition) is 1. The van der Waals surface area contributed by atoms with Crippen molar-refractivity contribution in [3.8, 4) is 0 Å². The van der Waals surface area contributed by atoms with Gasteiger partial charge in [0.25, 0.3) is 0 Å². The molecule has 0 amide bonds.